The number of carbonyl (C=O) groups excluding carboxylic acids is 9. The van der Waals surface area contributed by atoms with Gasteiger partial charge in [0.25, 0.3) is 5.91 Å². The number of nitrogens with one attached hydrogen (secondary N) is 8. The van der Waals surface area contributed by atoms with Crippen molar-refractivity contribution in [2.75, 3.05) is 12.3 Å². The Bertz CT molecular complexity index is 2020. The summed E-state index contributed by atoms with van der Waals surface area (Å²) in [5, 5.41) is 56.3. The Kier molecular flexibility index (Phi) is 22.8. The number of nitrogens with two attached hydrogens (primary N) is 1. The molecule has 0 aromatic heterocycles. The molecule has 378 valence electrons. The van der Waals surface area contributed by atoms with Gasteiger partial charge in [-0.15, -0.1) is 11.8 Å². The lowest BCUT2D eigenvalue weighted by molar-refractivity contribution is -0.151. The van der Waals surface area contributed by atoms with Crippen LogP contribution in [-0.2, 0) is 62.3 Å². The molecule has 2 rings (SSSR count). The zero-order chi connectivity index (χ0) is 51.6. The zero-order valence-corrected chi connectivity index (χ0v) is 38.8. The fraction of sp³-hybridized carbons (Fsp3) is 0.625. The van der Waals surface area contributed by atoms with Gasteiger partial charge in [-0.25, -0.2) is 14.4 Å². The maximum Gasteiger partial charge on any atom is 0.352 e. The maximum atomic E-state index is 13.6. The van der Waals surface area contributed by atoms with Crippen LogP contribution in [0.5, 0.6) is 0 Å². The Morgan fingerprint density at radius 1 is 0.603 bits per heavy atom. The summed E-state index contributed by atoms with van der Waals surface area (Å²) >= 11 is 1.06. The number of fused-ring (bicyclic) bond motifs is 1. The van der Waals surface area contributed by atoms with E-state index in [2.05, 4.69) is 42.5 Å². The van der Waals surface area contributed by atoms with E-state index in [-0.39, 0.29) is 43.6 Å². The number of unbranched alkanes of at least 4 members (excludes halogenated alkanes) is 1. The molecule has 1 saturated heterocycles. The van der Waals surface area contributed by atoms with Crippen molar-refractivity contribution in [1.29, 1.82) is 0 Å². The smallest absolute Gasteiger partial charge is 0.352 e. The largest absolute Gasteiger partial charge is 0.480 e. The van der Waals surface area contributed by atoms with Crippen molar-refractivity contribution in [2.45, 2.75) is 146 Å². The van der Waals surface area contributed by atoms with Gasteiger partial charge in [0.1, 0.15) is 59.4 Å². The molecule has 14 N–H and O–H groups in total. The average Bonchev–Trinajstić information content (AvgIpc) is 3.25. The van der Waals surface area contributed by atoms with E-state index in [9.17, 15) is 77.6 Å². The Morgan fingerprint density at radius 3 is 1.60 bits per heavy atom. The van der Waals surface area contributed by atoms with Gasteiger partial charge in [-0.3, -0.25) is 52.8 Å². The first-order valence-corrected chi connectivity index (χ1v) is 22.5. The molecule has 9 atom stereocenters. The van der Waals surface area contributed by atoms with Crippen molar-refractivity contribution in [3.63, 3.8) is 0 Å². The molecule has 1 unspecified atom stereocenters. The molecule has 2 aliphatic rings. The summed E-state index contributed by atoms with van der Waals surface area (Å²) in [5.41, 5.74) is 5.27. The number of β-lactam (4-membered cyclic amide) rings is 1. The quantitative estimate of drug-likeness (QED) is 0.0250. The molecule has 2 aliphatic heterocycles. The number of hydrogen-bond donors (Lipinski definition) is 13. The van der Waals surface area contributed by atoms with Crippen molar-refractivity contribution >= 4 is 88.8 Å². The van der Waals surface area contributed by atoms with Gasteiger partial charge < -0.3 is 68.7 Å². The topological polar surface area (TPSA) is 428 Å². The predicted molar refractivity (Wildman–Crippen MR) is 235 cm³/mol. The molecular formula is C40H60N10O17S. The number of thioether (sulfide) groups is 1. The lowest BCUT2D eigenvalue weighted by atomic mass is 9.98. The third-order valence-electron chi connectivity index (χ3n) is 10.4. The Hall–Kier alpha value is -6.84. The molecule has 0 aromatic rings. The highest BCUT2D eigenvalue weighted by molar-refractivity contribution is 8.00. The normalized spacial score (nSPS) is 18.2. The minimum atomic E-state index is -1.55. The van der Waals surface area contributed by atoms with Crippen LogP contribution in [0.1, 0.15) is 92.4 Å². The summed E-state index contributed by atoms with van der Waals surface area (Å²) in [4.78, 5) is 163. The van der Waals surface area contributed by atoms with Gasteiger partial charge in [-0.05, 0) is 77.8 Å². The van der Waals surface area contributed by atoms with Crippen molar-refractivity contribution in [3.8, 4) is 0 Å². The summed E-state index contributed by atoms with van der Waals surface area (Å²) in [6.45, 7) is 6.23. The Labute approximate surface area is 393 Å². The van der Waals surface area contributed by atoms with Gasteiger partial charge in [0.15, 0.2) is 0 Å². The second kappa shape index (κ2) is 27.1. The number of hydrogen-bond acceptors (Lipinski definition) is 15. The minimum Gasteiger partial charge on any atom is -0.480 e. The molecule has 0 radical (unpaired) electrons. The number of carboxylic acid groups (broad SMARTS) is 4. The highest BCUT2D eigenvalue weighted by atomic mass is 32.2. The van der Waals surface area contributed by atoms with E-state index in [1.54, 1.807) is 0 Å². The molecule has 9 amide bonds. The minimum absolute atomic E-state index is 0.0423. The van der Waals surface area contributed by atoms with Crippen LogP contribution in [0.15, 0.2) is 11.3 Å². The lowest BCUT2D eigenvalue weighted by Gasteiger charge is -2.49. The molecule has 0 bridgehead atoms. The van der Waals surface area contributed by atoms with Gasteiger partial charge in [0.2, 0.25) is 47.3 Å². The number of aliphatic carboxylic acids is 4. The number of carboxylic acids is 4. The summed E-state index contributed by atoms with van der Waals surface area (Å²) in [6.07, 6.45) is -1.49. The first-order chi connectivity index (χ1) is 31.8. The molecule has 0 saturated carbocycles. The fourth-order valence-corrected chi connectivity index (χ4v) is 8.16. The molecule has 0 aromatic carbocycles. The third-order valence-corrected chi connectivity index (χ3v) is 11.8. The number of carbonyl (C=O) groups is 13. The van der Waals surface area contributed by atoms with Gasteiger partial charge in [0.05, 0.1) is 0 Å². The number of amides is 9. The van der Waals surface area contributed by atoms with E-state index in [0.717, 1.165) is 23.6 Å². The predicted octanol–water partition coefficient (Wildman–Crippen LogP) is -4.06. The zero-order valence-electron chi connectivity index (χ0n) is 38.0. The molecule has 0 spiro atoms. The van der Waals surface area contributed by atoms with Crippen molar-refractivity contribution in [3.05, 3.63) is 11.3 Å². The van der Waals surface area contributed by atoms with E-state index in [4.69, 9.17) is 10.8 Å². The molecule has 68 heavy (non-hydrogen) atoms. The monoisotopic (exact) mass is 984 g/mol. The SMILES string of the molecule is CC(=O)N[C@@H](CCC(=O)N[C@@H](CCC1=C(C(=O)O)N2C(=O)[C@@H](NC(=O)C(CCCCN)NC(=O)CC[C@H](NC(=O)[C@@H](C)NC(C)=O)C(=O)O)[C@H]2SC1)C(=O)N[C@@H](C)C(=O)N[C@@H](C)C(=O)O)C(=O)O. The van der Waals surface area contributed by atoms with E-state index < -0.39 is 156 Å². The summed E-state index contributed by atoms with van der Waals surface area (Å²) < 4.78 is 0. The van der Waals surface area contributed by atoms with Crippen LogP contribution in [0.25, 0.3) is 0 Å². The molecule has 2 heterocycles. The van der Waals surface area contributed by atoms with Crippen LogP contribution in [0.2, 0.25) is 0 Å². The molecule has 1 fully saturated rings. The molecule has 28 heteroatoms. The first-order valence-electron chi connectivity index (χ1n) is 21.4. The van der Waals surface area contributed by atoms with Crippen LogP contribution in [-0.4, -0.2) is 168 Å². The Balaban J connectivity index is 2.26. The van der Waals surface area contributed by atoms with E-state index in [0.29, 0.717) is 12.8 Å². The van der Waals surface area contributed by atoms with Crippen LogP contribution < -0.4 is 48.3 Å². The van der Waals surface area contributed by atoms with E-state index >= 15 is 0 Å². The third kappa shape index (κ3) is 17.8. The summed E-state index contributed by atoms with van der Waals surface area (Å²) in [6, 6.07) is -10.7. The van der Waals surface area contributed by atoms with Gasteiger partial charge in [-0.2, -0.15) is 0 Å². The molecule has 0 aliphatic carbocycles. The van der Waals surface area contributed by atoms with Crippen LogP contribution in [0, 0.1) is 0 Å². The highest BCUT2D eigenvalue weighted by Crippen LogP contribution is 2.41. The van der Waals surface area contributed by atoms with E-state index in [1.165, 1.54) is 27.7 Å². The Morgan fingerprint density at radius 2 is 1.10 bits per heavy atom. The van der Waals surface area contributed by atoms with Gasteiger partial charge >= 0.3 is 23.9 Å². The first kappa shape index (κ1) is 57.3. The average molecular weight is 985 g/mol. The summed E-state index contributed by atoms with van der Waals surface area (Å²) in [7, 11) is 0. The second-order valence-corrected chi connectivity index (χ2v) is 17.1. The van der Waals surface area contributed by atoms with Gasteiger partial charge in [0, 0.05) is 32.4 Å². The van der Waals surface area contributed by atoms with Crippen LogP contribution in [0.3, 0.4) is 0 Å². The second-order valence-electron chi connectivity index (χ2n) is 16.0. The standard InChI is InChI=1S/C40H60N10O17S/c1-17(42-20(4)51)32(56)48-26(39(64)65)12-14-27(53)46-23(8-6-7-15-41)34(58)49-29-35(59)50-30(40(66)67)22(16-68-36(29)50)9-10-24(33(57)43-18(2)31(55)44-19(3)37(60)61)47-28(54)13-11-25(38(62)63)45-21(5)52/h17-19,23-26,29,36H,6-16,41H2,1-5H3,(H,42,51)(H,43,57)(H,44,55)(H,45,52)(H,46,53)(H,47,54)(H,48,56)(H,49,58)(H,60,61)(H,62,63)(H,64,65)(H,66,67)/t17-,18+,19+,23?,24+,25+,26+,29-,36-/m1/s1. The van der Waals surface area contributed by atoms with Crippen LogP contribution >= 0.6 is 11.8 Å². The fourth-order valence-electron chi connectivity index (χ4n) is 6.77. The van der Waals surface area contributed by atoms with Gasteiger partial charge in [-0.1, -0.05) is 0 Å². The van der Waals surface area contributed by atoms with Crippen molar-refractivity contribution in [2.24, 2.45) is 5.73 Å². The number of nitrogens with zero attached hydrogens (tertiary/aromatic N) is 1. The van der Waals surface area contributed by atoms with Crippen molar-refractivity contribution in [1.82, 2.24) is 47.4 Å². The maximum absolute atomic E-state index is 13.6. The van der Waals surface area contributed by atoms with Crippen molar-refractivity contribution < 1.29 is 82.8 Å². The lowest BCUT2D eigenvalue weighted by Crippen LogP contribution is -2.71. The van der Waals surface area contributed by atoms with E-state index in [1.807, 2.05) is 0 Å². The number of rotatable bonds is 29. The molecular weight excluding hydrogens is 925 g/mol. The molecule has 27 nitrogen and oxygen atoms in total. The van der Waals surface area contributed by atoms with Crippen LogP contribution in [0.4, 0.5) is 0 Å². The summed E-state index contributed by atoms with van der Waals surface area (Å²) in [5.74, 6) is -13.0. The highest BCUT2D eigenvalue weighted by Gasteiger charge is 2.54.